The van der Waals surface area contributed by atoms with Crippen molar-refractivity contribution in [1.82, 2.24) is 0 Å². The number of rotatable bonds is 3. The average molecular weight is 246 g/mol. The van der Waals surface area contributed by atoms with Crippen LogP contribution in [-0.2, 0) is 9.53 Å². The molecule has 6 unspecified atom stereocenters. The van der Waals surface area contributed by atoms with Gasteiger partial charge in [0, 0.05) is 12.0 Å². The lowest BCUT2D eigenvalue weighted by Crippen LogP contribution is -2.66. The van der Waals surface area contributed by atoms with Gasteiger partial charge in [-0.1, -0.05) is 13.5 Å². The molecule has 98 valence electrons. The molecule has 0 aliphatic heterocycles. The SMILES string of the molecule is C=CC(=O)OC1(CC)C2CC3CC4C1CC4(C3)C2. The number of esters is 1. The summed E-state index contributed by atoms with van der Waals surface area (Å²) >= 11 is 0. The monoisotopic (exact) mass is 246 g/mol. The fourth-order valence-corrected chi connectivity index (χ4v) is 6.34. The van der Waals surface area contributed by atoms with Gasteiger partial charge in [-0.05, 0) is 61.7 Å². The highest BCUT2D eigenvalue weighted by molar-refractivity contribution is 5.81. The fourth-order valence-electron chi connectivity index (χ4n) is 6.34. The van der Waals surface area contributed by atoms with E-state index in [1.807, 2.05) is 0 Å². The molecule has 0 radical (unpaired) electrons. The molecule has 5 saturated carbocycles. The first-order valence-electron chi connectivity index (χ1n) is 7.49. The standard InChI is InChI=1S/C16H22O2/c1-3-14(17)18-16(4-2)11-5-10-6-12-13(16)9-15(12,7-10)8-11/h3,10-13H,1,4-9H2,2H3. The molecule has 0 amide bonds. The zero-order chi connectivity index (χ0) is 12.5. The number of carbonyl (C=O) groups is 1. The first kappa shape index (κ1) is 11.1. The van der Waals surface area contributed by atoms with Crippen LogP contribution in [0.3, 0.4) is 0 Å². The van der Waals surface area contributed by atoms with E-state index in [4.69, 9.17) is 4.74 Å². The van der Waals surface area contributed by atoms with E-state index in [1.165, 1.54) is 38.2 Å². The normalized spacial score (nSPS) is 54.9. The summed E-state index contributed by atoms with van der Waals surface area (Å²) in [5.74, 6) is 2.85. The van der Waals surface area contributed by atoms with Crippen molar-refractivity contribution in [2.75, 3.05) is 0 Å². The molecular formula is C16H22O2. The molecule has 0 aromatic carbocycles. The maximum absolute atomic E-state index is 11.7. The second-order valence-corrected chi connectivity index (χ2v) is 7.16. The lowest BCUT2D eigenvalue weighted by molar-refractivity contribution is -0.250. The minimum Gasteiger partial charge on any atom is -0.455 e. The fraction of sp³-hybridized carbons (Fsp3) is 0.812. The highest BCUT2D eigenvalue weighted by atomic mass is 16.6. The van der Waals surface area contributed by atoms with Gasteiger partial charge in [0.25, 0.3) is 0 Å². The maximum atomic E-state index is 11.7. The van der Waals surface area contributed by atoms with E-state index in [-0.39, 0.29) is 11.6 Å². The summed E-state index contributed by atoms with van der Waals surface area (Å²) in [6.45, 7) is 5.76. The minimum absolute atomic E-state index is 0.146. The Bertz CT molecular complexity index is 423. The molecule has 5 aliphatic carbocycles. The van der Waals surface area contributed by atoms with Gasteiger partial charge in [-0.2, -0.15) is 0 Å². The molecule has 18 heavy (non-hydrogen) atoms. The van der Waals surface area contributed by atoms with Crippen LogP contribution in [0.25, 0.3) is 0 Å². The van der Waals surface area contributed by atoms with Crippen LogP contribution in [-0.4, -0.2) is 11.6 Å². The van der Waals surface area contributed by atoms with Crippen molar-refractivity contribution in [1.29, 1.82) is 0 Å². The van der Waals surface area contributed by atoms with Crippen molar-refractivity contribution in [3.63, 3.8) is 0 Å². The van der Waals surface area contributed by atoms with Crippen LogP contribution in [0.5, 0.6) is 0 Å². The molecule has 6 atom stereocenters. The van der Waals surface area contributed by atoms with E-state index in [0.717, 1.165) is 18.3 Å². The molecule has 0 heterocycles. The summed E-state index contributed by atoms with van der Waals surface area (Å²) in [6, 6.07) is 0. The Morgan fingerprint density at radius 1 is 1.33 bits per heavy atom. The summed E-state index contributed by atoms with van der Waals surface area (Å²) in [7, 11) is 0. The van der Waals surface area contributed by atoms with E-state index in [1.54, 1.807) is 0 Å². The molecule has 0 N–H and O–H groups in total. The lowest BCUT2D eigenvalue weighted by Gasteiger charge is -2.67. The highest BCUT2D eigenvalue weighted by Gasteiger charge is 2.74. The lowest BCUT2D eigenvalue weighted by atomic mass is 9.40. The summed E-state index contributed by atoms with van der Waals surface area (Å²) in [5, 5.41) is 0. The van der Waals surface area contributed by atoms with Gasteiger partial charge in [0.05, 0.1) is 0 Å². The molecule has 0 aromatic heterocycles. The third-order valence-electron chi connectivity index (χ3n) is 6.78. The Labute approximate surface area is 109 Å². The number of hydrogen-bond donors (Lipinski definition) is 0. The van der Waals surface area contributed by atoms with Gasteiger partial charge in [-0.3, -0.25) is 0 Å². The Balaban J connectivity index is 1.72. The molecule has 1 spiro atoms. The van der Waals surface area contributed by atoms with Crippen molar-refractivity contribution in [3.8, 4) is 0 Å². The maximum Gasteiger partial charge on any atom is 0.330 e. The Morgan fingerprint density at radius 3 is 2.89 bits per heavy atom. The molecule has 5 rings (SSSR count). The van der Waals surface area contributed by atoms with E-state index in [2.05, 4.69) is 13.5 Å². The van der Waals surface area contributed by atoms with Crippen molar-refractivity contribution in [3.05, 3.63) is 12.7 Å². The van der Waals surface area contributed by atoms with Gasteiger partial charge in [-0.25, -0.2) is 4.79 Å². The smallest absolute Gasteiger partial charge is 0.330 e. The first-order chi connectivity index (χ1) is 8.63. The van der Waals surface area contributed by atoms with Crippen LogP contribution in [0.15, 0.2) is 12.7 Å². The third kappa shape index (κ3) is 1.05. The van der Waals surface area contributed by atoms with E-state index >= 15 is 0 Å². The predicted molar refractivity (Wildman–Crippen MR) is 68.8 cm³/mol. The molecule has 0 aromatic rings. The van der Waals surface area contributed by atoms with Crippen molar-refractivity contribution in [2.45, 2.75) is 51.0 Å². The Kier molecular flexibility index (Phi) is 1.97. The van der Waals surface area contributed by atoms with Gasteiger partial charge in [0.15, 0.2) is 0 Å². The van der Waals surface area contributed by atoms with Gasteiger partial charge < -0.3 is 4.74 Å². The first-order valence-corrected chi connectivity index (χ1v) is 7.49. The largest absolute Gasteiger partial charge is 0.455 e. The molecule has 2 nitrogen and oxygen atoms in total. The van der Waals surface area contributed by atoms with Crippen LogP contribution in [0.1, 0.15) is 45.4 Å². The van der Waals surface area contributed by atoms with E-state index < -0.39 is 0 Å². The van der Waals surface area contributed by atoms with E-state index in [9.17, 15) is 4.79 Å². The Hall–Kier alpha value is -0.790. The summed E-state index contributed by atoms with van der Waals surface area (Å²) in [4.78, 5) is 11.7. The number of hydrogen-bond acceptors (Lipinski definition) is 2. The van der Waals surface area contributed by atoms with Crippen molar-refractivity contribution in [2.24, 2.45) is 29.1 Å². The number of ether oxygens (including phenoxy) is 1. The number of fused-ring (bicyclic) bond motifs is 1. The van der Waals surface area contributed by atoms with Gasteiger partial charge in [0.2, 0.25) is 0 Å². The Morgan fingerprint density at radius 2 is 2.17 bits per heavy atom. The van der Waals surface area contributed by atoms with Gasteiger partial charge in [0.1, 0.15) is 5.60 Å². The van der Waals surface area contributed by atoms with Crippen molar-refractivity contribution < 1.29 is 9.53 Å². The van der Waals surface area contributed by atoms with Crippen LogP contribution in [0.4, 0.5) is 0 Å². The topological polar surface area (TPSA) is 26.3 Å². The molecule has 5 aliphatic rings. The predicted octanol–water partition coefficient (Wildman–Crippen LogP) is 3.32. The summed E-state index contributed by atoms with van der Waals surface area (Å²) in [6.07, 6.45) is 9.15. The van der Waals surface area contributed by atoms with Gasteiger partial charge >= 0.3 is 5.97 Å². The zero-order valence-corrected chi connectivity index (χ0v) is 11.2. The van der Waals surface area contributed by atoms with Crippen LogP contribution < -0.4 is 0 Å². The molecule has 2 heteroatoms. The molecular weight excluding hydrogens is 224 g/mol. The van der Waals surface area contributed by atoms with Gasteiger partial charge in [-0.15, -0.1) is 0 Å². The number of carbonyl (C=O) groups excluding carboxylic acids is 1. The van der Waals surface area contributed by atoms with Crippen LogP contribution >= 0.6 is 0 Å². The quantitative estimate of drug-likeness (QED) is 0.564. The summed E-state index contributed by atoms with van der Waals surface area (Å²) < 4.78 is 5.95. The summed E-state index contributed by atoms with van der Waals surface area (Å²) in [5.41, 5.74) is 0.532. The van der Waals surface area contributed by atoms with Crippen LogP contribution in [0.2, 0.25) is 0 Å². The second kappa shape index (κ2) is 3.20. The van der Waals surface area contributed by atoms with Crippen molar-refractivity contribution >= 4 is 5.97 Å². The second-order valence-electron chi connectivity index (χ2n) is 7.16. The average Bonchev–Trinajstić information content (AvgIpc) is 2.52. The zero-order valence-electron chi connectivity index (χ0n) is 11.2. The molecule has 0 saturated heterocycles. The third-order valence-corrected chi connectivity index (χ3v) is 6.78. The van der Waals surface area contributed by atoms with E-state index in [0.29, 0.717) is 17.3 Å². The molecule has 4 bridgehead atoms. The highest BCUT2D eigenvalue weighted by Crippen LogP contribution is 2.78. The minimum atomic E-state index is -0.209. The van der Waals surface area contributed by atoms with Crippen LogP contribution in [0, 0.1) is 29.1 Å². The molecule has 5 fully saturated rings.